The molecule has 1 aliphatic rings. The summed E-state index contributed by atoms with van der Waals surface area (Å²) in [6.45, 7) is 0.722. The van der Waals surface area contributed by atoms with Crippen molar-refractivity contribution in [1.29, 1.82) is 0 Å². The fraction of sp³-hybridized carbons (Fsp3) is 0.188. The molecule has 0 spiro atoms. The van der Waals surface area contributed by atoms with E-state index in [-0.39, 0.29) is 25.1 Å². The second kappa shape index (κ2) is 6.34. The Morgan fingerprint density at radius 3 is 2.68 bits per heavy atom. The van der Waals surface area contributed by atoms with E-state index in [0.29, 0.717) is 18.0 Å². The molecule has 1 heterocycles. The topological polar surface area (TPSA) is 59.6 Å². The molecular weight excluding hydrogens is 287 g/mol. The van der Waals surface area contributed by atoms with Crippen LogP contribution in [0, 0.1) is 5.82 Å². The van der Waals surface area contributed by atoms with Crippen molar-refractivity contribution < 1.29 is 18.7 Å². The van der Waals surface area contributed by atoms with Gasteiger partial charge >= 0.3 is 0 Å². The van der Waals surface area contributed by atoms with Gasteiger partial charge in [0.05, 0.1) is 6.54 Å². The third-order valence-corrected chi connectivity index (χ3v) is 3.23. The molecule has 3 rings (SSSR count). The largest absolute Gasteiger partial charge is 0.454 e. The Bertz CT molecular complexity index is 674. The van der Waals surface area contributed by atoms with Gasteiger partial charge in [-0.15, -0.1) is 0 Å². The summed E-state index contributed by atoms with van der Waals surface area (Å²) >= 11 is 0. The number of benzene rings is 2. The maximum Gasteiger partial charge on any atom is 0.239 e. The zero-order valence-electron chi connectivity index (χ0n) is 11.8. The summed E-state index contributed by atoms with van der Waals surface area (Å²) in [5, 5.41) is 5.77. The number of hydrogen-bond acceptors (Lipinski definition) is 4. The highest BCUT2D eigenvalue weighted by atomic mass is 19.1. The Morgan fingerprint density at radius 2 is 1.86 bits per heavy atom. The van der Waals surface area contributed by atoms with Gasteiger partial charge < -0.3 is 20.1 Å². The molecule has 2 N–H and O–H groups in total. The van der Waals surface area contributed by atoms with E-state index in [1.54, 1.807) is 24.3 Å². The lowest BCUT2D eigenvalue weighted by Crippen LogP contribution is -2.29. The summed E-state index contributed by atoms with van der Waals surface area (Å²) in [6, 6.07) is 11.4. The molecule has 0 saturated heterocycles. The molecule has 0 aliphatic carbocycles. The first kappa shape index (κ1) is 14.2. The lowest BCUT2D eigenvalue weighted by atomic mass is 10.2. The fourth-order valence-corrected chi connectivity index (χ4v) is 2.05. The highest BCUT2D eigenvalue weighted by molar-refractivity contribution is 5.80. The maximum absolute atomic E-state index is 12.8. The molecule has 0 aromatic heterocycles. The van der Waals surface area contributed by atoms with E-state index in [2.05, 4.69) is 10.6 Å². The summed E-state index contributed by atoms with van der Waals surface area (Å²) in [6.07, 6.45) is 0. The number of rotatable bonds is 5. The normalized spacial score (nSPS) is 12.0. The first-order valence-electron chi connectivity index (χ1n) is 6.85. The van der Waals surface area contributed by atoms with Crippen LogP contribution in [-0.2, 0) is 11.3 Å². The van der Waals surface area contributed by atoms with Crippen LogP contribution in [0.3, 0.4) is 0 Å². The van der Waals surface area contributed by atoms with Gasteiger partial charge in [-0.3, -0.25) is 4.79 Å². The predicted octanol–water partition coefficient (Wildman–Crippen LogP) is 2.28. The van der Waals surface area contributed by atoms with Crippen molar-refractivity contribution in [2.24, 2.45) is 0 Å². The molecule has 0 bridgehead atoms. The molecule has 6 heteroatoms. The number of halogens is 1. The van der Waals surface area contributed by atoms with E-state index in [0.717, 1.165) is 11.3 Å². The van der Waals surface area contributed by atoms with Crippen LogP contribution in [0.2, 0.25) is 0 Å². The van der Waals surface area contributed by atoms with Gasteiger partial charge in [-0.2, -0.15) is 0 Å². The zero-order chi connectivity index (χ0) is 15.4. The number of amides is 1. The number of hydrogen-bond donors (Lipinski definition) is 2. The molecule has 2 aromatic carbocycles. The molecule has 0 saturated carbocycles. The molecule has 5 nitrogen and oxygen atoms in total. The average Bonchev–Trinajstić information content (AvgIpc) is 3.00. The van der Waals surface area contributed by atoms with Gasteiger partial charge in [0.2, 0.25) is 12.7 Å². The minimum atomic E-state index is -0.292. The SMILES string of the molecule is O=C(CNc1ccc2c(c1)OCO2)NCc1ccc(F)cc1. The Kier molecular flexibility index (Phi) is 4.09. The molecule has 1 amide bonds. The van der Waals surface area contributed by atoms with Crippen molar-refractivity contribution in [3.63, 3.8) is 0 Å². The van der Waals surface area contributed by atoms with Gasteiger partial charge in [0.15, 0.2) is 11.5 Å². The Balaban J connectivity index is 1.47. The summed E-state index contributed by atoms with van der Waals surface area (Å²) < 4.78 is 23.3. The average molecular weight is 302 g/mol. The van der Waals surface area contributed by atoms with Crippen LogP contribution in [0.5, 0.6) is 11.5 Å². The minimum absolute atomic E-state index is 0.140. The van der Waals surface area contributed by atoms with Crippen LogP contribution in [0.4, 0.5) is 10.1 Å². The lowest BCUT2D eigenvalue weighted by molar-refractivity contribution is -0.119. The molecule has 0 fully saturated rings. The number of fused-ring (bicyclic) bond motifs is 1. The summed E-state index contributed by atoms with van der Waals surface area (Å²) in [7, 11) is 0. The van der Waals surface area contributed by atoms with Gasteiger partial charge in [-0.1, -0.05) is 12.1 Å². The molecule has 1 aliphatic heterocycles. The molecule has 2 aromatic rings. The van der Waals surface area contributed by atoms with Crippen LogP contribution in [-0.4, -0.2) is 19.2 Å². The third-order valence-electron chi connectivity index (χ3n) is 3.23. The molecule has 0 atom stereocenters. The van der Waals surface area contributed by atoms with Crippen LogP contribution >= 0.6 is 0 Å². The second-order valence-electron chi connectivity index (χ2n) is 4.82. The predicted molar refractivity (Wildman–Crippen MR) is 79.3 cm³/mol. The zero-order valence-corrected chi connectivity index (χ0v) is 11.8. The fourth-order valence-electron chi connectivity index (χ4n) is 2.05. The van der Waals surface area contributed by atoms with Crippen molar-refractivity contribution in [2.75, 3.05) is 18.7 Å². The Morgan fingerprint density at radius 1 is 1.09 bits per heavy atom. The van der Waals surface area contributed by atoms with E-state index >= 15 is 0 Å². The summed E-state index contributed by atoms with van der Waals surface area (Å²) in [5.74, 6) is 0.921. The minimum Gasteiger partial charge on any atom is -0.454 e. The number of ether oxygens (including phenoxy) is 2. The quantitative estimate of drug-likeness (QED) is 0.889. The van der Waals surface area contributed by atoms with Gasteiger partial charge in [0.25, 0.3) is 0 Å². The van der Waals surface area contributed by atoms with E-state index in [1.165, 1.54) is 12.1 Å². The molecule has 0 unspecified atom stereocenters. The summed E-state index contributed by atoms with van der Waals surface area (Å²) in [4.78, 5) is 11.8. The van der Waals surface area contributed by atoms with Crippen LogP contribution in [0.1, 0.15) is 5.56 Å². The highest BCUT2D eigenvalue weighted by Crippen LogP contribution is 2.34. The first-order valence-corrected chi connectivity index (χ1v) is 6.85. The second-order valence-corrected chi connectivity index (χ2v) is 4.82. The smallest absolute Gasteiger partial charge is 0.239 e. The number of carbonyl (C=O) groups excluding carboxylic acids is 1. The van der Waals surface area contributed by atoms with Crippen molar-refractivity contribution in [2.45, 2.75) is 6.54 Å². The van der Waals surface area contributed by atoms with E-state index < -0.39 is 0 Å². The lowest BCUT2D eigenvalue weighted by Gasteiger charge is -2.08. The third kappa shape index (κ3) is 3.46. The van der Waals surface area contributed by atoms with Crippen molar-refractivity contribution in [1.82, 2.24) is 5.32 Å². The summed E-state index contributed by atoms with van der Waals surface area (Å²) in [5.41, 5.74) is 1.62. The Hall–Kier alpha value is -2.76. The van der Waals surface area contributed by atoms with Crippen LogP contribution < -0.4 is 20.1 Å². The number of carbonyl (C=O) groups is 1. The standard InChI is InChI=1S/C16H15FN2O3/c17-12-3-1-11(2-4-12)8-19-16(20)9-18-13-5-6-14-15(7-13)22-10-21-14/h1-7,18H,8-10H2,(H,19,20). The van der Waals surface area contributed by atoms with Gasteiger partial charge in [-0.25, -0.2) is 4.39 Å². The highest BCUT2D eigenvalue weighted by Gasteiger charge is 2.13. The van der Waals surface area contributed by atoms with Crippen molar-refractivity contribution >= 4 is 11.6 Å². The molecule has 0 radical (unpaired) electrons. The van der Waals surface area contributed by atoms with Crippen LogP contribution in [0.25, 0.3) is 0 Å². The number of nitrogens with one attached hydrogen (secondary N) is 2. The van der Waals surface area contributed by atoms with E-state index in [1.807, 2.05) is 6.07 Å². The Labute approximate surface area is 127 Å². The molecule has 114 valence electrons. The van der Waals surface area contributed by atoms with E-state index in [9.17, 15) is 9.18 Å². The number of anilines is 1. The van der Waals surface area contributed by atoms with Gasteiger partial charge in [-0.05, 0) is 29.8 Å². The van der Waals surface area contributed by atoms with Gasteiger partial charge in [0.1, 0.15) is 5.82 Å². The maximum atomic E-state index is 12.8. The first-order chi connectivity index (χ1) is 10.7. The van der Waals surface area contributed by atoms with Crippen molar-refractivity contribution in [3.8, 4) is 11.5 Å². The molecular formula is C16H15FN2O3. The monoisotopic (exact) mass is 302 g/mol. The van der Waals surface area contributed by atoms with Gasteiger partial charge in [0, 0.05) is 18.3 Å². The molecule has 22 heavy (non-hydrogen) atoms. The van der Waals surface area contributed by atoms with Crippen molar-refractivity contribution in [3.05, 3.63) is 53.8 Å². The van der Waals surface area contributed by atoms with Crippen LogP contribution in [0.15, 0.2) is 42.5 Å². The van der Waals surface area contributed by atoms with E-state index in [4.69, 9.17) is 9.47 Å².